The topological polar surface area (TPSA) is 124 Å². The summed E-state index contributed by atoms with van der Waals surface area (Å²) in [7, 11) is 0. The van der Waals surface area contributed by atoms with Crippen LogP contribution in [0.15, 0.2) is 11.4 Å². The number of nitro groups is 1. The molecule has 2 unspecified atom stereocenters. The number of thioether (sulfide) groups is 1. The molecule has 0 aromatic carbocycles. The van der Waals surface area contributed by atoms with Crippen molar-refractivity contribution < 1.29 is 4.92 Å². The number of imidazole rings is 1. The van der Waals surface area contributed by atoms with E-state index >= 15 is 0 Å². The molecule has 3 N–H and O–H groups in total. The molecule has 2 aromatic rings. The van der Waals surface area contributed by atoms with Crippen LogP contribution in [0.25, 0.3) is 11.2 Å². The minimum absolute atomic E-state index is 0.0768. The molecule has 2 atom stereocenters. The molecule has 0 bridgehead atoms. The third-order valence-corrected chi connectivity index (χ3v) is 5.01. The van der Waals surface area contributed by atoms with Crippen molar-refractivity contribution in [2.45, 2.75) is 36.8 Å². The Morgan fingerprint density at radius 3 is 3.05 bits per heavy atom. The molecule has 2 aromatic heterocycles. The summed E-state index contributed by atoms with van der Waals surface area (Å²) in [6.45, 7) is 0. The summed E-state index contributed by atoms with van der Waals surface area (Å²) >= 11 is 1.49. The predicted octanol–water partition coefficient (Wildman–Crippen LogP) is 1.86. The van der Waals surface area contributed by atoms with E-state index in [0.29, 0.717) is 22.8 Å². The monoisotopic (exact) mass is 308 g/mol. The number of aromatic amines is 1. The maximum absolute atomic E-state index is 11.1. The van der Waals surface area contributed by atoms with E-state index < -0.39 is 6.04 Å². The van der Waals surface area contributed by atoms with E-state index in [4.69, 9.17) is 5.73 Å². The van der Waals surface area contributed by atoms with Crippen molar-refractivity contribution in [3.63, 3.8) is 0 Å². The van der Waals surface area contributed by atoms with Gasteiger partial charge in [0.05, 0.1) is 6.33 Å². The molecule has 112 valence electrons. The largest absolute Gasteiger partial charge is 0.368 e. The van der Waals surface area contributed by atoms with Crippen molar-refractivity contribution >= 4 is 28.9 Å². The fraction of sp³-hybridized carbons (Fsp3) is 0.583. The molecular weight excluding hydrogens is 292 g/mol. The summed E-state index contributed by atoms with van der Waals surface area (Å²) < 4.78 is 0. The lowest BCUT2D eigenvalue weighted by Gasteiger charge is -2.24. The molecule has 0 amide bonds. The molecule has 1 aliphatic rings. The number of fused-ring (bicyclic) bond motifs is 1. The van der Waals surface area contributed by atoms with Gasteiger partial charge in [-0.25, -0.2) is 9.97 Å². The predicted molar refractivity (Wildman–Crippen MR) is 79.6 cm³/mol. The van der Waals surface area contributed by atoms with E-state index in [1.165, 1.54) is 11.8 Å². The number of H-pyrrole nitrogens is 1. The quantitative estimate of drug-likeness (QED) is 0.382. The fourth-order valence-electron chi connectivity index (χ4n) is 2.77. The molecule has 1 saturated carbocycles. The third-order valence-electron chi connectivity index (χ3n) is 3.84. The Hall–Kier alpha value is -1.90. The van der Waals surface area contributed by atoms with Gasteiger partial charge in [-0.05, 0) is 12.8 Å². The Morgan fingerprint density at radius 2 is 2.24 bits per heavy atom. The first-order valence-corrected chi connectivity index (χ1v) is 7.86. The second-order valence-corrected chi connectivity index (χ2v) is 6.21. The van der Waals surface area contributed by atoms with Gasteiger partial charge in [0.2, 0.25) is 12.0 Å². The lowest BCUT2D eigenvalue weighted by Crippen LogP contribution is -2.33. The number of hydrogen-bond acceptors (Lipinski definition) is 7. The Morgan fingerprint density at radius 1 is 1.43 bits per heavy atom. The van der Waals surface area contributed by atoms with E-state index in [9.17, 15) is 10.1 Å². The smallest absolute Gasteiger partial charge is 0.223 e. The Kier molecular flexibility index (Phi) is 3.91. The highest BCUT2D eigenvalue weighted by molar-refractivity contribution is 7.99. The van der Waals surface area contributed by atoms with Crippen molar-refractivity contribution in [3.05, 3.63) is 16.4 Å². The molecule has 2 heterocycles. The van der Waals surface area contributed by atoms with Crippen LogP contribution in [0.5, 0.6) is 0 Å². The zero-order valence-electron chi connectivity index (χ0n) is 11.4. The molecule has 0 saturated heterocycles. The molecule has 8 nitrogen and oxygen atoms in total. The van der Waals surface area contributed by atoms with Crippen LogP contribution in [0.1, 0.15) is 25.7 Å². The average Bonchev–Trinajstić information content (AvgIpc) is 2.93. The van der Waals surface area contributed by atoms with Gasteiger partial charge in [0, 0.05) is 23.0 Å². The van der Waals surface area contributed by atoms with Crippen LogP contribution in [0.2, 0.25) is 0 Å². The van der Waals surface area contributed by atoms with Crippen LogP contribution in [0, 0.1) is 16.0 Å². The first kappa shape index (κ1) is 14.1. The van der Waals surface area contributed by atoms with Gasteiger partial charge in [-0.15, -0.1) is 11.8 Å². The number of aromatic nitrogens is 4. The van der Waals surface area contributed by atoms with Crippen LogP contribution in [0.4, 0.5) is 5.95 Å². The number of rotatable bonds is 4. The van der Waals surface area contributed by atoms with Crippen molar-refractivity contribution in [1.82, 2.24) is 19.9 Å². The van der Waals surface area contributed by atoms with Crippen LogP contribution < -0.4 is 5.73 Å². The number of nitrogen functional groups attached to an aromatic ring is 1. The molecule has 0 spiro atoms. The first-order chi connectivity index (χ1) is 10.1. The van der Waals surface area contributed by atoms with Gasteiger partial charge in [-0.3, -0.25) is 10.1 Å². The maximum atomic E-state index is 11.1. The van der Waals surface area contributed by atoms with Gasteiger partial charge in [0.25, 0.3) is 0 Å². The summed E-state index contributed by atoms with van der Waals surface area (Å²) in [5.41, 5.74) is 6.94. The highest BCUT2D eigenvalue weighted by Crippen LogP contribution is 2.33. The highest BCUT2D eigenvalue weighted by Gasteiger charge is 2.34. The molecule has 1 aliphatic carbocycles. The van der Waals surface area contributed by atoms with Gasteiger partial charge >= 0.3 is 0 Å². The van der Waals surface area contributed by atoms with Crippen molar-refractivity contribution in [2.75, 3.05) is 11.5 Å². The summed E-state index contributed by atoms with van der Waals surface area (Å²) in [5, 5.41) is 11.8. The van der Waals surface area contributed by atoms with Gasteiger partial charge in [0.15, 0.2) is 5.65 Å². The Labute approximate surface area is 125 Å². The van der Waals surface area contributed by atoms with Crippen molar-refractivity contribution in [3.8, 4) is 0 Å². The van der Waals surface area contributed by atoms with E-state index in [2.05, 4.69) is 19.9 Å². The SMILES string of the molecule is Nc1nc(SCC2CCCCC2[N+](=O)[O-])c2[nH]cnc2n1. The summed E-state index contributed by atoms with van der Waals surface area (Å²) in [5.74, 6) is 0.912. The zero-order valence-corrected chi connectivity index (χ0v) is 12.2. The third kappa shape index (κ3) is 2.92. The van der Waals surface area contributed by atoms with Crippen LogP contribution in [-0.4, -0.2) is 36.7 Å². The van der Waals surface area contributed by atoms with Crippen LogP contribution in [-0.2, 0) is 0 Å². The van der Waals surface area contributed by atoms with E-state index in [-0.39, 0.29) is 16.8 Å². The van der Waals surface area contributed by atoms with E-state index in [0.717, 1.165) is 24.8 Å². The molecule has 0 radical (unpaired) electrons. The van der Waals surface area contributed by atoms with Gasteiger partial charge in [0.1, 0.15) is 10.5 Å². The zero-order chi connectivity index (χ0) is 14.8. The number of nitrogens with one attached hydrogen (secondary N) is 1. The second-order valence-electron chi connectivity index (χ2n) is 5.20. The Bertz CT molecular complexity index is 660. The molecular formula is C12H16N6O2S. The molecule has 1 fully saturated rings. The average molecular weight is 308 g/mol. The lowest BCUT2D eigenvalue weighted by molar-refractivity contribution is -0.534. The van der Waals surface area contributed by atoms with Gasteiger partial charge < -0.3 is 10.7 Å². The van der Waals surface area contributed by atoms with Gasteiger partial charge in [-0.1, -0.05) is 6.42 Å². The van der Waals surface area contributed by atoms with Crippen molar-refractivity contribution in [2.24, 2.45) is 5.92 Å². The summed E-state index contributed by atoms with van der Waals surface area (Å²) in [6, 6.07) is -0.442. The Balaban J connectivity index is 1.76. The van der Waals surface area contributed by atoms with Crippen molar-refractivity contribution in [1.29, 1.82) is 0 Å². The minimum Gasteiger partial charge on any atom is -0.368 e. The molecule has 3 rings (SSSR count). The highest BCUT2D eigenvalue weighted by atomic mass is 32.2. The number of nitrogens with zero attached hydrogens (tertiary/aromatic N) is 4. The standard InChI is InChI=1S/C12H16N6O2S/c13-12-16-10-9(14-6-15-10)11(17-12)21-5-7-3-1-2-4-8(7)18(19)20/h6-8H,1-5H2,(H3,13,14,15,16,17). The summed E-state index contributed by atoms with van der Waals surface area (Å²) in [4.78, 5) is 26.3. The van der Waals surface area contributed by atoms with Gasteiger partial charge in [-0.2, -0.15) is 4.98 Å². The van der Waals surface area contributed by atoms with E-state index in [1.54, 1.807) is 6.33 Å². The number of hydrogen-bond donors (Lipinski definition) is 2. The fourth-order valence-corrected chi connectivity index (χ4v) is 3.99. The summed E-state index contributed by atoms with van der Waals surface area (Å²) in [6.07, 6.45) is 5.11. The first-order valence-electron chi connectivity index (χ1n) is 6.88. The van der Waals surface area contributed by atoms with Crippen LogP contribution >= 0.6 is 11.8 Å². The van der Waals surface area contributed by atoms with Crippen LogP contribution in [0.3, 0.4) is 0 Å². The molecule has 9 heteroatoms. The van der Waals surface area contributed by atoms with E-state index in [1.807, 2.05) is 0 Å². The normalized spacial score (nSPS) is 22.5. The maximum Gasteiger partial charge on any atom is 0.223 e. The lowest BCUT2D eigenvalue weighted by atomic mass is 9.86. The molecule has 21 heavy (non-hydrogen) atoms. The molecule has 0 aliphatic heterocycles. The minimum atomic E-state index is -0.442. The number of anilines is 1. The number of nitrogens with two attached hydrogens (primary N) is 1. The second kappa shape index (κ2) is 5.84.